The van der Waals surface area contributed by atoms with Crippen molar-refractivity contribution in [1.82, 2.24) is 4.98 Å². The Hall–Kier alpha value is -1.94. The van der Waals surface area contributed by atoms with Gasteiger partial charge in [-0.05, 0) is 24.3 Å². The van der Waals surface area contributed by atoms with Gasteiger partial charge in [-0.25, -0.2) is 4.39 Å². The summed E-state index contributed by atoms with van der Waals surface area (Å²) in [6, 6.07) is 5.61. The van der Waals surface area contributed by atoms with Crippen LogP contribution >= 0.6 is 11.6 Å². The van der Waals surface area contributed by atoms with Crippen molar-refractivity contribution in [3.63, 3.8) is 0 Å². The second kappa shape index (κ2) is 4.51. The molecule has 3 nitrogen and oxygen atoms in total. The molecule has 86 valence electrons. The highest BCUT2D eigenvalue weighted by Gasteiger charge is 2.11. The van der Waals surface area contributed by atoms with Gasteiger partial charge >= 0.3 is 0 Å². The Labute approximate surface area is 102 Å². The van der Waals surface area contributed by atoms with Gasteiger partial charge in [0.05, 0.1) is 6.20 Å². The van der Waals surface area contributed by atoms with Crippen LogP contribution in [0.25, 0.3) is 0 Å². The van der Waals surface area contributed by atoms with E-state index in [-0.39, 0.29) is 11.3 Å². The lowest BCUT2D eigenvalue weighted by Crippen LogP contribution is -2.03. The molecule has 0 bridgehead atoms. The molecule has 1 aromatic carbocycles. The van der Waals surface area contributed by atoms with Gasteiger partial charge in [0, 0.05) is 28.0 Å². The lowest BCUT2D eigenvalue weighted by atomic mass is 10.0. The van der Waals surface area contributed by atoms with Crippen LogP contribution < -0.4 is 5.73 Å². The van der Waals surface area contributed by atoms with E-state index in [1.165, 1.54) is 24.4 Å². The molecule has 17 heavy (non-hydrogen) atoms. The lowest BCUT2D eigenvalue weighted by molar-refractivity contribution is 0.103. The minimum Gasteiger partial charge on any atom is -0.399 e. The highest BCUT2D eigenvalue weighted by atomic mass is 35.5. The number of hydrogen-bond acceptors (Lipinski definition) is 3. The van der Waals surface area contributed by atoms with Gasteiger partial charge in [-0.1, -0.05) is 11.6 Å². The number of nitrogens with zero attached hydrogens (tertiary/aromatic N) is 1. The third-order valence-electron chi connectivity index (χ3n) is 2.15. The summed E-state index contributed by atoms with van der Waals surface area (Å²) >= 11 is 5.79. The molecule has 0 aliphatic heterocycles. The van der Waals surface area contributed by atoms with Gasteiger partial charge in [0.1, 0.15) is 5.82 Å². The molecule has 2 N–H and O–H groups in total. The van der Waals surface area contributed by atoms with Crippen molar-refractivity contribution < 1.29 is 9.18 Å². The van der Waals surface area contributed by atoms with E-state index in [0.717, 1.165) is 12.3 Å². The number of rotatable bonds is 2. The zero-order valence-corrected chi connectivity index (χ0v) is 9.41. The number of pyridine rings is 1. The minimum absolute atomic E-state index is 0.159. The van der Waals surface area contributed by atoms with Crippen LogP contribution in [0.3, 0.4) is 0 Å². The predicted molar refractivity (Wildman–Crippen MR) is 63.5 cm³/mol. The van der Waals surface area contributed by atoms with Crippen LogP contribution in [-0.4, -0.2) is 10.8 Å². The van der Waals surface area contributed by atoms with Crippen molar-refractivity contribution in [2.24, 2.45) is 0 Å². The number of nitrogens with two attached hydrogens (primary N) is 1. The molecular formula is C12H8ClFN2O. The molecule has 0 saturated carbocycles. The largest absolute Gasteiger partial charge is 0.399 e. The summed E-state index contributed by atoms with van der Waals surface area (Å²) in [5, 5.41) is 0.359. The van der Waals surface area contributed by atoms with Gasteiger partial charge in [0.25, 0.3) is 0 Å². The summed E-state index contributed by atoms with van der Waals surface area (Å²) in [5.41, 5.74) is 6.43. The fraction of sp³-hybridized carbons (Fsp3) is 0. The molecule has 0 amide bonds. The summed E-state index contributed by atoms with van der Waals surface area (Å²) in [4.78, 5) is 15.6. The number of halogens is 2. The molecule has 1 aromatic heterocycles. The van der Waals surface area contributed by atoms with Gasteiger partial charge in [-0.15, -0.1) is 0 Å². The van der Waals surface area contributed by atoms with Gasteiger partial charge in [-0.2, -0.15) is 0 Å². The average molecular weight is 251 g/mol. The molecule has 1 heterocycles. The maximum absolute atomic E-state index is 12.9. The van der Waals surface area contributed by atoms with Crippen LogP contribution in [-0.2, 0) is 0 Å². The summed E-state index contributed by atoms with van der Waals surface area (Å²) in [6.07, 6.45) is 2.33. The molecule has 5 heteroatoms. The average Bonchev–Trinajstić information content (AvgIpc) is 2.26. The van der Waals surface area contributed by atoms with Crippen LogP contribution in [0, 0.1) is 5.82 Å². The monoisotopic (exact) mass is 250 g/mol. The zero-order valence-electron chi connectivity index (χ0n) is 8.65. The van der Waals surface area contributed by atoms with Crippen molar-refractivity contribution >= 4 is 23.1 Å². The number of aromatic nitrogens is 1. The number of hydrogen-bond donors (Lipinski definition) is 1. The topological polar surface area (TPSA) is 56.0 Å². The van der Waals surface area contributed by atoms with E-state index in [2.05, 4.69) is 4.98 Å². The maximum Gasteiger partial charge on any atom is 0.194 e. The van der Waals surface area contributed by atoms with Crippen molar-refractivity contribution in [1.29, 1.82) is 0 Å². The molecule has 2 rings (SSSR count). The molecular weight excluding hydrogens is 243 g/mol. The Kier molecular flexibility index (Phi) is 3.06. The Bertz CT molecular complexity index is 566. The van der Waals surface area contributed by atoms with Gasteiger partial charge in [0.15, 0.2) is 5.78 Å². The van der Waals surface area contributed by atoms with Crippen molar-refractivity contribution in [3.05, 3.63) is 58.6 Å². The number of nitrogen functional groups attached to an aromatic ring is 1. The first kappa shape index (κ1) is 11.5. The van der Waals surface area contributed by atoms with E-state index in [0.29, 0.717) is 16.3 Å². The summed E-state index contributed by atoms with van der Waals surface area (Å²) in [5.74, 6) is -0.933. The molecule has 0 radical (unpaired) electrons. The highest BCUT2D eigenvalue weighted by molar-refractivity contribution is 6.31. The van der Waals surface area contributed by atoms with E-state index in [1.54, 1.807) is 0 Å². The van der Waals surface area contributed by atoms with Gasteiger partial charge in [0.2, 0.25) is 0 Å². The second-order valence-electron chi connectivity index (χ2n) is 3.49. The summed E-state index contributed by atoms with van der Waals surface area (Å²) < 4.78 is 12.9. The van der Waals surface area contributed by atoms with Crippen molar-refractivity contribution in [2.75, 3.05) is 5.73 Å². The maximum atomic E-state index is 12.9. The molecule has 0 aliphatic carbocycles. The van der Waals surface area contributed by atoms with Crippen molar-refractivity contribution in [2.45, 2.75) is 0 Å². The van der Waals surface area contributed by atoms with E-state index >= 15 is 0 Å². The number of anilines is 1. The molecule has 2 aromatic rings. The van der Waals surface area contributed by atoms with Crippen LogP contribution in [0.1, 0.15) is 15.9 Å². The fourth-order valence-corrected chi connectivity index (χ4v) is 1.69. The smallest absolute Gasteiger partial charge is 0.194 e. The molecule has 0 fully saturated rings. The third kappa shape index (κ3) is 2.60. The second-order valence-corrected chi connectivity index (χ2v) is 3.93. The number of carbonyl (C=O) groups is 1. The molecule has 0 unspecified atom stereocenters. The van der Waals surface area contributed by atoms with E-state index in [1.807, 2.05) is 0 Å². The van der Waals surface area contributed by atoms with E-state index in [9.17, 15) is 9.18 Å². The number of benzene rings is 1. The Balaban J connectivity index is 2.43. The normalized spacial score (nSPS) is 10.2. The summed E-state index contributed by atoms with van der Waals surface area (Å²) in [7, 11) is 0. The Morgan fingerprint density at radius 3 is 2.59 bits per heavy atom. The first-order valence-electron chi connectivity index (χ1n) is 4.77. The third-order valence-corrected chi connectivity index (χ3v) is 2.37. The van der Waals surface area contributed by atoms with Crippen molar-refractivity contribution in [3.8, 4) is 0 Å². The van der Waals surface area contributed by atoms with E-state index in [4.69, 9.17) is 17.3 Å². The van der Waals surface area contributed by atoms with Gasteiger partial charge < -0.3 is 5.73 Å². The Morgan fingerprint density at radius 2 is 1.94 bits per heavy atom. The first-order valence-corrected chi connectivity index (χ1v) is 5.15. The molecule has 0 spiro atoms. The Morgan fingerprint density at radius 1 is 1.18 bits per heavy atom. The zero-order chi connectivity index (χ0) is 12.4. The van der Waals surface area contributed by atoms with Crippen LogP contribution in [0.5, 0.6) is 0 Å². The van der Waals surface area contributed by atoms with Crippen LogP contribution in [0.15, 0.2) is 36.7 Å². The molecule has 0 atom stereocenters. The van der Waals surface area contributed by atoms with Crippen LogP contribution in [0.4, 0.5) is 10.1 Å². The molecule has 0 saturated heterocycles. The highest BCUT2D eigenvalue weighted by Crippen LogP contribution is 2.19. The molecule has 0 aliphatic rings. The first-order chi connectivity index (χ1) is 8.06. The quantitative estimate of drug-likeness (QED) is 0.659. The number of ketones is 1. The van der Waals surface area contributed by atoms with Gasteiger partial charge in [-0.3, -0.25) is 9.78 Å². The number of carbonyl (C=O) groups excluding carboxylic acids is 1. The fourth-order valence-electron chi connectivity index (χ4n) is 1.45. The standard InChI is InChI=1S/C12H8ClFN2O/c13-9-1-7(3-11(15)4-9)12(17)8-2-10(14)6-16-5-8/h1-6H,15H2. The minimum atomic E-state index is -0.564. The van der Waals surface area contributed by atoms with Crippen LogP contribution in [0.2, 0.25) is 5.02 Å². The SMILES string of the molecule is Nc1cc(Cl)cc(C(=O)c2cncc(F)c2)c1. The van der Waals surface area contributed by atoms with E-state index < -0.39 is 5.82 Å². The lowest BCUT2D eigenvalue weighted by Gasteiger charge is -2.03. The predicted octanol–water partition coefficient (Wildman–Crippen LogP) is 2.69. The summed E-state index contributed by atoms with van der Waals surface area (Å²) in [6.45, 7) is 0.